The van der Waals surface area contributed by atoms with Crippen molar-refractivity contribution in [1.29, 1.82) is 0 Å². The van der Waals surface area contributed by atoms with Crippen LogP contribution in [0, 0.1) is 0 Å². The lowest BCUT2D eigenvalue weighted by molar-refractivity contribution is 0.341. The zero-order valence-electron chi connectivity index (χ0n) is 19.6. The van der Waals surface area contributed by atoms with E-state index in [1.54, 1.807) is 0 Å². The third-order valence-electron chi connectivity index (χ3n) is 6.42. The largest absolute Gasteiger partial charge is 0.460 e. The van der Waals surface area contributed by atoms with Gasteiger partial charge in [0.15, 0.2) is 0 Å². The van der Waals surface area contributed by atoms with Crippen molar-refractivity contribution < 1.29 is 4.42 Å². The van der Waals surface area contributed by atoms with Gasteiger partial charge in [-0.1, -0.05) is 40.2 Å². The van der Waals surface area contributed by atoms with Crippen LogP contribution in [0.4, 0.5) is 11.8 Å². The molecule has 7 heteroatoms. The van der Waals surface area contributed by atoms with Gasteiger partial charge in [0.2, 0.25) is 5.95 Å². The van der Waals surface area contributed by atoms with Crippen molar-refractivity contribution in [3.05, 3.63) is 70.9 Å². The number of halogens is 1. The van der Waals surface area contributed by atoms with E-state index >= 15 is 0 Å². The molecule has 0 unspecified atom stereocenters. The summed E-state index contributed by atoms with van der Waals surface area (Å²) in [6.07, 6.45) is 4.42. The van der Waals surface area contributed by atoms with Gasteiger partial charge in [-0.2, -0.15) is 4.98 Å². The van der Waals surface area contributed by atoms with Gasteiger partial charge in [0.25, 0.3) is 0 Å². The Balaban J connectivity index is 1.14. The fourth-order valence-electron chi connectivity index (χ4n) is 4.58. The minimum atomic E-state index is 0.391. The van der Waals surface area contributed by atoms with Gasteiger partial charge in [0, 0.05) is 41.6 Å². The zero-order chi connectivity index (χ0) is 23.5. The average molecular weight is 520 g/mol. The molecule has 6 nitrogen and oxygen atoms in total. The molecule has 176 valence electrons. The van der Waals surface area contributed by atoms with Crippen molar-refractivity contribution in [2.45, 2.75) is 44.3 Å². The minimum Gasteiger partial charge on any atom is -0.460 e. The topological polar surface area (TPSA) is 66.2 Å². The Morgan fingerprint density at radius 1 is 0.912 bits per heavy atom. The second kappa shape index (κ2) is 10.2. The second-order valence-corrected chi connectivity index (χ2v) is 10.0. The summed E-state index contributed by atoms with van der Waals surface area (Å²) in [5.74, 6) is 3.54. The van der Waals surface area contributed by atoms with E-state index < -0.39 is 0 Å². The first-order chi connectivity index (χ1) is 16.5. The first-order valence-electron chi connectivity index (χ1n) is 11.8. The first kappa shape index (κ1) is 22.9. The van der Waals surface area contributed by atoms with Crippen LogP contribution in [0.3, 0.4) is 0 Å². The molecule has 4 aromatic rings. The third-order valence-corrected chi connectivity index (χ3v) is 6.95. The van der Waals surface area contributed by atoms with Crippen LogP contribution in [0.5, 0.6) is 0 Å². The summed E-state index contributed by atoms with van der Waals surface area (Å²) in [6, 6.07) is 21.4. The number of aromatic nitrogens is 2. The van der Waals surface area contributed by atoms with Gasteiger partial charge in [0.05, 0.1) is 12.1 Å². The van der Waals surface area contributed by atoms with Crippen molar-refractivity contribution in [1.82, 2.24) is 15.3 Å². The highest BCUT2D eigenvalue weighted by molar-refractivity contribution is 9.10. The molecule has 2 N–H and O–H groups in total. The predicted molar refractivity (Wildman–Crippen MR) is 142 cm³/mol. The number of fused-ring (bicyclic) bond motifs is 1. The number of nitrogens with zero attached hydrogens (tertiary/aromatic N) is 3. The van der Waals surface area contributed by atoms with Gasteiger partial charge in [-0.25, -0.2) is 4.98 Å². The van der Waals surface area contributed by atoms with Gasteiger partial charge in [-0.05, 0) is 62.1 Å². The second-order valence-electron chi connectivity index (χ2n) is 9.13. The maximum absolute atomic E-state index is 6.06. The summed E-state index contributed by atoms with van der Waals surface area (Å²) in [5, 5.41) is 8.34. The van der Waals surface area contributed by atoms with Crippen molar-refractivity contribution in [3.8, 4) is 11.3 Å². The summed E-state index contributed by atoms with van der Waals surface area (Å²) >= 11 is 3.48. The van der Waals surface area contributed by atoms with Crippen LogP contribution < -0.4 is 15.5 Å². The predicted octanol–water partition coefficient (Wildman–Crippen LogP) is 6.23. The van der Waals surface area contributed by atoms with Crippen LogP contribution in [-0.2, 0) is 6.54 Å². The highest BCUT2D eigenvalue weighted by Gasteiger charge is 2.22. The highest BCUT2D eigenvalue weighted by atomic mass is 79.9. The third kappa shape index (κ3) is 5.26. The summed E-state index contributed by atoms with van der Waals surface area (Å²) in [4.78, 5) is 11.6. The van der Waals surface area contributed by atoms with Crippen LogP contribution in [-0.4, -0.2) is 36.1 Å². The Hall–Kier alpha value is -2.90. The smallest absolute Gasteiger partial charge is 0.225 e. The molecule has 0 atom stereocenters. The van der Waals surface area contributed by atoms with E-state index in [4.69, 9.17) is 14.4 Å². The molecule has 2 aromatic heterocycles. The first-order valence-corrected chi connectivity index (χ1v) is 12.6. The van der Waals surface area contributed by atoms with Crippen molar-refractivity contribution >= 4 is 38.6 Å². The summed E-state index contributed by atoms with van der Waals surface area (Å²) in [6.45, 7) is 0.749. The van der Waals surface area contributed by atoms with Crippen molar-refractivity contribution in [2.75, 3.05) is 24.3 Å². The molecule has 2 heterocycles. The number of nitrogens with one attached hydrogen (secondary N) is 2. The molecule has 5 rings (SSSR count). The molecule has 0 aliphatic heterocycles. The lowest BCUT2D eigenvalue weighted by atomic mass is 9.91. The fraction of sp³-hybridized carbons (Fsp3) is 0.333. The number of furan rings is 1. The van der Waals surface area contributed by atoms with E-state index in [0.29, 0.717) is 12.1 Å². The molecule has 1 aliphatic rings. The summed E-state index contributed by atoms with van der Waals surface area (Å²) in [7, 11) is 4.05. The van der Waals surface area contributed by atoms with Crippen LogP contribution in [0.2, 0.25) is 0 Å². The number of benzene rings is 2. The maximum atomic E-state index is 6.06. The number of rotatable bonds is 7. The van der Waals surface area contributed by atoms with Gasteiger partial charge in [-0.15, -0.1) is 0 Å². The molecule has 1 aliphatic carbocycles. The van der Waals surface area contributed by atoms with E-state index in [-0.39, 0.29) is 0 Å². The zero-order valence-corrected chi connectivity index (χ0v) is 21.2. The summed E-state index contributed by atoms with van der Waals surface area (Å²) in [5.41, 5.74) is 2.06. The Morgan fingerprint density at radius 2 is 1.65 bits per heavy atom. The Morgan fingerprint density at radius 3 is 2.41 bits per heavy atom. The van der Waals surface area contributed by atoms with Gasteiger partial charge < -0.3 is 20.0 Å². The SMILES string of the molecule is CN(C)c1nc(NC2CCC(NCc3ccc(-c4ccc(Br)cc4)o3)CC2)nc2ccccc12. The quantitative estimate of drug-likeness (QED) is 0.301. The van der Waals surface area contributed by atoms with E-state index in [0.717, 1.165) is 76.5 Å². The van der Waals surface area contributed by atoms with Gasteiger partial charge in [0.1, 0.15) is 17.3 Å². The monoisotopic (exact) mass is 519 g/mol. The number of hydrogen-bond donors (Lipinski definition) is 2. The molecule has 34 heavy (non-hydrogen) atoms. The molecule has 2 aromatic carbocycles. The molecule has 0 spiro atoms. The molecule has 1 saturated carbocycles. The van der Waals surface area contributed by atoms with Gasteiger partial charge >= 0.3 is 0 Å². The molecular weight excluding hydrogens is 490 g/mol. The molecule has 0 bridgehead atoms. The van der Waals surface area contributed by atoms with Crippen molar-refractivity contribution in [2.24, 2.45) is 0 Å². The van der Waals surface area contributed by atoms with E-state index in [2.05, 4.69) is 50.8 Å². The lowest BCUT2D eigenvalue weighted by Crippen LogP contribution is -2.36. The van der Waals surface area contributed by atoms with E-state index in [1.165, 1.54) is 0 Å². The summed E-state index contributed by atoms with van der Waals surface area (Å²) < 4.78 is 7.13. The fourth-order valence-corrected chi connectivity index (χ4v) is 4.84. The maximum Gasteiger partial charge on any atom is 0.225 e. The van der Waals surface area contributed by atoms with Crippen molar-refractivity contribution in [3.63, 3.8) is 0 Å². The standard InChI is InChI=1S/C27H30BrN5O/c1-33(2)26-23-5-3-4-6-24(23)31-27(32-26)30-21-13-11-20(12-14-21)29-17-22-15-16-25(34-22)18-7-9-19(28)10-8-18/h3-10,15-16,20-21,29H,11-14,17H2,1-2H3,(H,30,31,32). The molecule has 0 radical (unpaired) electrons. The van der Waals surface area contributed by atoms with Crippen LogP contribution in [0.1, 0.15) is 31.4 Å². The minimum absolute atomic E-state index is 0.391. The Kier molecular flexibility index (Phi) is 6.83. The highest BCUT2D eigenvalue weighted by Crippen LogP contribution is 2.27. The molecule has 0 saturated heterocycles. The normalized spacial score (nSPS) is 18.2. The van der Waals surface area contributed by atoms with E-state index in [9.17, 15) is 0 Å². The Labute approximate surface area is 208 Å². The van der Waals surface area contributed by atoms with Crippen LogP contribution in [0.15, 0.2) is 69.6 Å². The molecular formula is C27H30BrN5O. The van der Waals surface area contributed by atoms with Crippen LogP contribution >= 0.6 is 15.9 Å². The average Bonchev–Trinajstić information content (AvgIpc) is 3.32. The molecule has 1 fully saturated rings. The lowest BCUT2D eigenvalue weighted by Gasteiger charge is -2.30. The van der Waals surface area contributed by atoms with Gasteiger partial charge in [-0.3, -0.25) is 0 Å². The Bertz CT molecular complexity index is 1250. The molecule has 0 amide bonds. The number of para-hydroxylation sites is 1. The van der Waals surface area contributed by atoms with Crippen LogP contribution in [0.25, 0.3) is 22.2 Å². The van der Waals surface area contributed by atoms with E-state index in [1.807, 2.05) is 55.4 Å². The number of hydrogen-bond acceptors (Lipinski definition) is 6. The number of anilines is 2.